The third-order valence-electron chi connectivity index (χ3n) is 4.73. The van der Waals surface area contributed by atoms with E-state index in [-0.39, 0.29) is 0 Å². The SMILES string of the molecule is CC(=O)O[C@H]1[C@H](OC(C)=O)[C@@H](O[C@@H]2[C@@H](O)[C@H](C)O[C@@H](O)[C@@H]2O)O[C@@H](C)[C@H]1OC(C)=O. The Balaban J connectivity index is 2.35. The van der Waals surface area contributed by atoms with Crippen LogP contribution < -0.4 is 0 Å². The van der Waals surface area contributed by atoms with E-state index in [1.54, 1.807) is 0 Å². The highest BCUT2D eigenvalue weighted by Crippen LogP contribution is 2.32. The van der Waals surface area contributed by atoms with Crippen molar-refractivity contribution in [2.24, 2.45) is 0 Å². The van der Waals surface area contributed by atoms with Crippen LogP contribution in [0.3, 0.4) is 0 Å². The normalized spacial score (nSPS) is 41.6. The third kappa shape index (κ3) is 5.65. The molecule has 0 saturated carbocycles. The molecule has 2 heterocycles. The first-order valence-electron chi connectivity index (χ1n) is 9.44. The molecule has 3 N–H and O–H groups in total. The second-order valence-corrected chi connectivity index (χ2v) is 7.25. The van der Waals surface area contributed by atoms with Gasteiger partial charge in [-0.05, 0) is 13.8 Å². The molecular formula is C18H28O12. The minimum atomic E-state index is -1.65. The predicted octanol–water partition coefficient (Wildman–Crippen LogP) is -1.63. The summed E-state index contributed by atoms with van der Waals surface area (Å²) in [5, 5.41) is 30.4. The average Bonchev–Trinajstić information content (AvgIpc) is 2.62. The second-order valence-electron chi connectivity index (χ2n) is 7.25. The van der Waals surface area contributed by atoms with Gasteiger partial charge in [0.1, 0.15) is 18.3 Å². The lowest BCUT2D eigenvalue weighted by molar-refractivity contribution is -0.350. The lowest BCUT2D eigenvalue weighted by Crippen LogP contribution is -2.64. The molecule has 2 aliphatic rings. The van der Waals surface area contributed by atoms with Gasteiger partial charge in [-0.3, -0.25) is 14.4 Å². The summed E-state index contributed by atoms with van der Waals surface area (Å²) in [4.78, 5) is 34.8. The number of esters is 3. The fourth-order valence-electron chi connectivity index (χ4n) is 3.41. The Bertz CT molecular complexity index is 625. The molecule has 2 rings (SSSR count). The number of carbonyl (C=O) groups excluding carboxylic acids is 3. The number of hydrogen-bond acceptors (Lipinski definition) is 12. The van der Waals surface area contributed by atoms with Gasteiger partial charge in [0, 0.05) is 20.8 Å². The van der Waals surface area contributed by atoms with E-state index in [1.807, 2.05) is 0 Å². The second kappa shape index (κ2) is 9.98. The molecule has 0 amide bonds. The Labute approximate surface area is 172 Å². The molecule has 0 aliphatic carbocycles. The Hall–Kier alpha value is -1.83. The highest BCUT2D eigenvalue weighted by atomic mass is 16.7. The van der Waals surface area contributed by atoms with Crippen molar-refractivity contribution in [3.8, 4) is 0 Å². The number of ether oxygens (including phenoxy) is 6. The molecular weight excluding hydrogens is 408 g/mol. The van der Waals surface area contributed by atoms with Crippen molar-refractivity contribution in [1.82, 2.24) is 0 Å². The molecule has 2 aliphatic heterocycles. The minimum Gasteiger partial charge on any atom is -0.456 e. The van der Waals surface area contributed by atoms with Crippen molar-refractivity contribution in [2.75, 3.05) is 0 Å². The highest BCUT2D eigenvalue weighted by molar-refractivity contribution is 5.68. The first kappa shape index (κ1) is 24.4. The maximum atomic E-state index is 11.7. The third-order valence-corrected chi connectivity index (χ3v) is 4.73. The number of rotatable bonds is 5. The van der Waals surface area contributed by atoms with Crippen molar-refractivity contribution in [3.05, 3.63) is 0 Å². The Morgan fingerprint density at radius 3 is 1.70 bits per heavy atom. The van der Waals surface area contributed by atoms with Crippen LogP contribution in [0.5, 0.6) is 0 Å². The summed E-state index contributed by atoms with van der Waals surface area (Å²) < 4.78 is 32.0. The summed E-state index contributed by atoms with van der Waals surface area (Å²) >= 11 is 0. The van der Waals surface area contributed by atoms with E-state index in [4.69, 9.17) is 28.4 Å². The summed E-state index contributed by atoms with van der Waals surface area (Å²) in [6.45, 7) is 6.35. The van der Waals surface area contributed by atoms with Crippen LogP contribution in [0.15, 0.2) is 0 Å². The maximum Gasteiger partial charge on any atom is 0.303 e. The fraction of sp³-hybridized carbons (Fsp3) is 0.833. The number of aliphatic hydroxyl groups is 3. The summed E-state index contributed by atoms with van der Waals surface area (Å²) in [5.74, 6) is -2.19. The molecule has 0 spiro atoms. The molecule has 0 aromatic carbocycles. The van der Waals surface area contributed by atoms with Crippen molar-refractivity contribution in [3.63, 3.8) is 0 Å². The van der Waals surface area contributed by atoms with Crippen LogP contribution in [0.2, 0.25) is 0 Å². The molecule has 0 aromatic heterocycles. The quantitative estimate of drug-likeness (QED) is 0.333. The smallest absolute Gasteiger partial charge is 0.303 e. The molecule has 172 valence electrons. The highest BCUT2D eigenvalue weighted by Gasteiger charge is 2.53. The van der Waals surface area contributed by atoms with E-state index < -0.39 is 79.3 Å². The zero-order valence-corrected chi connectivity index (χ0v) is 17.3. The van der Waals surface area contributed by atoms with Crippen molar-refractivity contribution in [2.45, 2.75) is 96.0 Å². The van der Waals surface area contributed by atoms with E-state index in [0.717, 1.165) is 20.8 Å². The molecule has 10 atom stereocenters. The summed E-state index contributed by atoms with van der Waals surface area (Å²) in [7, 11) is 0. The number of carbonyl (C=O) groups is 3. The van der Waals surface area contributed by atoms with Gasteiger partial charge >= 0.3 is 17.9 Å². The van der Waals surface area contributed by atoms with E-state index in [2.05, 4.69) is 0 Å². The molecule has 0 aromatic rings. The summed E-state index contributed by atoms with van der Waals surface area (Å²) in [6, 6.07) is 0. The molecule has 0 radical (unpaired) electrons. The van der Waals surface area contributed by atoms with E-state index in [9.17, 15) is 29.7 Å². The van der Waals surface area contributed by atoms with E-state index in [1.165, 1.54) is 13.8 Å². The Morgan fingerprint density at radius 2 is 1.17 bits per heavy atom. The van der Waals surface area contributed by atoms with Crippen molar-refractivity contribution >= 4 is 17.9 Å². The van der Waals surface area contributed by atoms with Gasteiger partial charge in [0.05, 0.1) is 12.2 Å². The molecule has 12 heteroatoms. The predicted molar refractivity (Wildman–Crippen MR) is 94.4 cm³/mol. The Morgan fingerprint density at radius 1 is 0.667 bits per heavy atom. The van der Waals surface area contributed by atoms with Crippen LogP contribution in [-0.2, 0) is 42.8 Å². The van der Waals surface area contributed by atoms with Crippen molar-refractivity contribution in [1.29, 1.82) is 0 Å². The van der Waals surface area contributed by atoms with Gasteiger partial charge < -0.3 is 43.7 Å². The standard InChI is InChI=1S/C18H28O12/c1-6-11(22)14(12(23)17(24)25-6)30-18-16(29-10(5)21)15(28-9(4)20)13(7(2)26-18)27-8(3)19/h6-7,11-18,22-24H,1-5H3/t6-,7-,11-,12+,13+,14+,15+,16-,17+,18+/m0/s1. The monoisotopic (exact) mass is 436 g/mol. The van der Waals surface area contributed by atoms with Crippen LogP contribution >= 0.6 is 0 Å². The van der Waals surface area contributed by atoms with Crippen LogP contribution in [0.25, 0.3) is 0 Å². The van der Waals surface area contributed by atoms with Gasteiger partial charge in [-0.1, -0.05) is 0 Å². The van der Waals surface area contributed by atoms with Gasteiger partial charge in [0.25, 0.3) is 0 Å². The molecule has 30 heavy (non-hydrogen) atoms. The van der Waals surface area contributed by atoms with Crippen LogP contribution in [-0.4, -0.2) is 94.6 Å². The summed E-state index contributed by atoms with van der Waals surface area (Å²) in [5.41, 5.74) is 0. The zero-order valence-electron chi connectivity index (χ0n) is 17.3. The van der Waals surface area contributed by atoms with E-state index >= 15 is 0 Å². The van der Waals surface area contributed by atoms with Gasteiger partial charge in [-0.15, -0.1) is 0 Å². The molecule has 0 bridgehead atoms. The first-order chi connectivity index (χ1) is 13.9. The average molecular weight is 436 g/mol. The van der Waals surface area contributed by atoms with Crippen LogP contribution in [0, 0.1) is 0 Å². The van der Waals surface area contributed by atoms with Gasteiger partial charge in [-0.2, -0.15) is 0 Å². The topological polar surface area (TPSA) is 167 Å². The maximum absolute atomic E-state index is 11.7. The lowest BCUT2D eigenvalue weighted by Gasteiger charge is -2.46. The van der Waals surface area contributed by atoms with Crippen LogP contribution in [0.1, 0.15) is 34.6 Å². The first-order valence-corrected chi connectivity index (χ1v) is 9.44. The number of hydrogen-bond donors (Lipinski definition) is 3. The lowest BCUT2D eigenvalue weighted by atomic mass is 9.97. The van der Waals surface area contributed by atoms with Crippen molar-refractivity contribution < 1.29 is 58.1 Å². The number of aliphatic hydroxyl groups excluding tert-OH is 3. The molecule has 2 fully saturated rings. The fourth-order valence-corrected chi connectivity index (χ4v) is 3.41. The Kier molecular flexibility index (Phi) is 8.13. The zero-order chi connectivity index (χ0) is 22.7. The van der Waals surface area contributed by atoms with Gasteiger partial charge in [-0.25, -0.2) is 0 Å². The van der Waals surface area contributed by atoms with Gasteiger partial charge in [0.2, 0.25) is 0 Å². The minimum absolute atomic E-state index is 0.680. The molecule has 12 nitrogen and oxygen atoms in total. The largest absolute Gasteiger partial charge is 0.456 e. The van der Waals surface area contributed by atoms with Gasteiger partial charge in [0.15, 0.2) is 30.9 Å². The van der Waals surface area contributed by atoms with E-state index in [0.29, 0.717) is 0 Å². The van der Waals surface area contributed by atoms with Crippen LogP contribution in [0.4, 0.5) is 0 Å². The molecule has 0 unspecified atom stereocenters. The molecule has 2 saturated heterocycles. The summed E-state index contributed by atoms with van der Waals surface area (Å²) in [6.07, 6.45) is -13.1.